The first-order valence-electron chi connectivity index (χ1n) is 5.26. The number of benzene rings is 1. The summed E-state index contributed by atoms with van der Waals surface area (Å²) in [6.45, 7) is 4.22. The fourth-order valence-corrected chi connectivity index (χ4v) is 2.04. The fourth-order valence-electron chi connectivity index (χ4n) is 1.67. The normalized spacial score (nSPS) is 11.1. The smallest absolute Gasteiger partial charge is 0.133 e. The minimum absolute atomic E-state index is 0.381. The van der Waals surface area contributed by atoms with E-state index in [-0.39, 0.29) is 0 Å². The van der Waals surface area contributed by atoms with E-state index in [0.717, 1.165) is 22.2 Å². The molecule has 0 aliphatic rings. The molecule has 0 aliphatic heterocycles. The summed E-state index contributed by atoms with van der Waals surface area (Å²) in [6, 6.07) is 7.92. The molecule has 1 aromatic heterocycles. The highest BCUT2D eigenvalue weighted by molar-refractivity contribution is 6.30. The van der Waals surface area contributed by atoms with Crippen LogP contribution in [0, 0.1) is 0 Å². The Kier molecular flexibility index (Phi) is 3.01. The lowest BCUT2D eigenvalue weighted by molar-refractivity contribution is 0.415. The number of halogens is 1. The van der Waals surface area contributed by atoms with Gasteiger partial charge in [-0.2, -0.15) is 0 Å². The van der Waals surface area contributed by atoms with Crippen molar-refractivity contribution < 1.29 is 4.74 Å². The Morgan fingerprint density at radius 2 is 2.00 bits per heavy atom. The molecule has 2 aromatic rings. The number of hydrogen-bond acceptors (Lipinski definition) is 2. The van der Waals surface area contributed by atoms with Crippen LogP contribution in [0.15, 0.2) is 24.3 Å². The van der Waals surface area contributed by atoms with Crippen molar-refractivity contribution in [2.45, 2.75) is 19.8 Å². The van der Waals surface area contributed by atoms with E-state index >= 15 is 0 Å². The minimum atomic E-state index is 0.381. The van der Waals surface area contributed by atoms with Gasteiger partial charge in [0.2, 0.25) is 0 Å². The molecule has 2 rings (SSSR count). The first-order valence-corrected chi connectivity index (χ1v) is 5.64. The lowest BCUT2D eigenvalue weighted by Gasteiger charge is -2.09. The molecule has 0 aliphatic carbocycles. The predicted molar refractivity (Wildman–Crippen MR) is 67.4 cm³/mol. The maximum Gasteiger partial charge on any atom is 0.133 e. The molecular weight excluding hydrogens is 222 g/mol. The van der Waals surface area contributed by atoms with Gasteiger partial charge in [0.05, 0.1) is 12.6 Å². The van der Waals surface area contributed by atoms with E-state index in [2.05, 4.69) is 24.9 Å². The van der Waals surface area contributed by atoms with Crippen molar-refractivity contribution in [2.75, 3.05) is 7.11 Å². The van der Waals surface area contributed by atoms with E-state index in [1.54, 1.807) is 7.11 Å². The lowest BCUT2D eigenvalue weighted by Crippen LogP contribution is -1.93. The van der Waals surface area contributed by atoms with Crippen LogP contribution in [0.1, 0.15) is 25.3 Å². The highest BCUT2D eigenvalue weighted by Crippen LogP contribution is 2.28. The van der Waals surface area contributed by atoms with Crippen molar-refractivity contribution >= 4 is 22.5 Å². The number of pyridine rings is 1. The van der Waals surface area contributed by atoms with Gasteiger partial charge < -0.3 is 4.74 Å². The Hall–Kier alpha value is -1.28. The van der Waals surface area contributed by atoms with Crippen LogP contribution in [0.4, 0.5) is 0 Å². The van der Waals surface area contributed by atoms with Gasteiger partial charge in [0.1, 0.15) is 10.9 Å². The van der Waals surface area contributed by atoms with Crippen LogP contribution in [-0.2, 0) is 0 Å². The Balaban J connectivity index is 2.64. The molecule has 2 nitrogen and oxygen atoms in total. The van der Waals surface area contributed by atoms with Gasteiger partial charge >= 0.3 is 0 Å². The molecule has 0 saturated heterocycles. The molecule has 0 radical (unpaired) electrons. The van der Waals surface area contributed by atoms with Crippen LogP contribution in [0.25, 0.3) is 10.9 Å². The van der Waals surface area contributed by atoms with Crippen LogP contribution in [-0.4, -0.2) is 12.1 Å². The second-order valence-corrected chi connectivity index (χ2v) is 4.44. The van der Waals surface area contributed by atoms with E-state index in [4.69, 9.17) is 16.3 Å². The zero-order chi connectivity index (χ0) is 11.7. The average molecular weight is 236 g/mol. The third kappa shape index (κ3) is 1.98. The second kappa shape index (κ2) is 4.30. The maximum absolute atomic E-state index is 6.14. The summed E-state index contributed by atoms with van der Waals surface area (Å²) >= 11 is 6.14. The number of ether oxygens (including phenoxy) is 1. The Morgan fingerprint density at radius 1 is 1.25 bits per heavy atom. The number of methoxy groups -OCH3 is 1. The zero-order valence-electron chi connectivity index (χ0n) is 9.62. The average Bonchev–Trinajstić information content (AvgIpc) is 2.27. The van der Waals surface area contributed by atoms with E-state index < -0.39 is 0 Å². The molecule has 1 aromatic carbocycles. The van der Waals surface area contributed by atoms with Crippen LogP contribution >= 0.6 is 11.6 Å². The first-order chi connectivity index (χ1) is 7.61. The van der Waals surface area contributed by atoms with Crippen molar-refractivity contribution in [2.24, 2.45) is 0 Å². The maximum atomic E-state index is 6.14. The van der Waals surface area contributed by atoms with E-state index in [1.807, 2.05) is 18.2 Å². The quantitative estimate of drug-likeness (QED) is 0.734. The van der Waals surface area contributed by atoms with Crippen molar-refractivity contribution in [3.8, 4) is 5.75 Å². The monoisotopic (exact) mass is 235 g/mol. The topological polar surface area (TPSA) is 22.1 Å². The fraction of sp³-hybridized carbons (Fsp3) is 0.308. The third-order valence-electron chi connectivity index (χ3n) is 2.63. The van der Waals surface area contributed by atoms with Crippen molar-refractivity contribution in [3.05, 3.63) is 35.0 Å². The molecule has 0 saturated carbocycles. The number of fused-ring (bicyclic) bond motifs is 1. The standard InChI is InChI=1S/C13H14ClNO/c1-8(2)11-6-9-4-5-10(16-3)7-12(9)15-13(11)14/h4-8H,1-3H3. The number of aromatic nitrogens is 1. The molecule has 3 heteroatoms. The molecular formula is C13H14ClNO. The lowest BCUT2D eigenvalue weighted by atomic mass is 10.0. The molecule has 0 fully saturated rings. The number of hydrogen-bond donors (Lipinski definition) is 0. The van der Waals surface area contributed by atoms with Gasteiger partial charge in [-0.25, -0.2) is 4.98 Å². The summed E-state index contributed by atoms with van der Waals surface area (Å²) < 4.78 is 5.16. The minimum Gasteiger partial charge on any atom is -0.497 e. The summed E-state index contributed by atoms with van der Waals surface area (Å²) in [5.41, 5.74) is 1.95. The van der Waals surface area contributed by atoms with Gasteiger partial charge in [0, 0.05) is 11.5 Å². The van der Waals surface area contributed by atoms with Crippen LogP contribution in [0.3, 0.4) is 0 Å². The van der Waals surface area contributed by atoms with Gasteiger partial charge in [0.15, 0.2) is 0 Å². The van der Waals surface area contributed by atoms with Gasteiger partial charge in [-0.1, -0.05) is 25.4 Å². The number of rotatable bonds is 2. The number of nitrogens with zero attached hydrogens (tertiary/aromatic N) is 1. The molecule has 0 atom stereocenters. The Morgan fingerprint density at radius 3 is 2.62 bits per heavy atom. The molecule has 84 valence electrons. The van der Waals surface area contributed by atoms with Gasteiger partial charge in [-0.3, -0.25) is 0 Å². The van der Waals surface area contributed by atoms with Gasteiger partial charge in [-0.15, -0.1) is 0 Å². The Labute approximate surface area is 100 Å². The zero-order valence-corrected chi connectivity index (χ0v) is 10.4. The third-order valence-corrected chi connectivity index (χ3v) is 2.93. The van der Waals surface area contributed by atoms with Gasteiger partial charge in [0.25, 0.3) is 0 Å². The van der Waals surface area contributed by atoms with Crippen molar-refractivity contribution in [3.63, 3.8) is 0 Å². The van der Waals surface area contributed by atoms with Crippen LogP contribution < -0.4 is 4.74 Å². The van der Waals surface area contributed by atoms with E-state index in [1.165, 1.54) is 0 Å². The van der Waals surface area contributed by atoms with Crippen LogP contribution in [0.5, 0.6) is 5.75 Å². The van der Waals surface area contributed by atoms with E-state index in [9.17, 15) is 0 Å². The molecule has 0 N–H and O–H groups in total. The largest absolute Gasteiger partial charge is 0.497 e. The highest BCUT2D eigenvalue weighted by Gasteiger charge is 2.08. The molecule has 16 heavy (non-hydrogen) atoms. The predicted octanol–water partition coefficient (Wildman–Crippen LogP) is 4.02. The summed E-state index contributed by atoms with van der Waals surface area (Å²) in [6.07, 6.45) is 0. The second-order valence-electron chi connectivity index (χ2n) is 4.08. The summed E-state index contributed by atoms with van der Waals surface area (Å²) in [7, 11) is 1.64. The van der Waals surface area contributed by atoms with Crippen LogP contribution in [0.2, 0.25) is 5.15 Å². The molecule has 1 heterocycles. The molecule has 0 bridgehead atoms. The van der Waals surface area contributed by atoms with Crippen molar-refractivity contribution in [1.29, 1.82) is 0 Å². The summed E-state index contributed by atoms with van der Waals surface area (Å²) in [4.78, 5) is 4.39. The SMILES string of the molecule is COc1ccc2cc(C(C)C)c(Cl)nc2c1. The molecule has 0 spiro atoms. The highest BCUT2D eigenvalue weighted by atomic mass is 35.5. The Bertz CT molecular complexity index is 523. The summed E-state index contributed by atoms with van der Waals surface area (Å²) in [5, 5.41) is 1.67. The van der Waals surface area contributed by atoms with Crippen molar-refractivity contribution in [1.82, 2.24) is 4.98 Å². The molecule has 0 unspecified atom stereocenters. The first kappa shape index (κ1) is 11.2. The summed E-state index contributed by atoms with van der Waals surface area (Å²) in [5.74, 6) is 1.18. The van der Waals surface area contributed by atoms with E-state index in [0.29, 0.717) is 11.1 Å². The molecule has 0 amide bonds. The van der Waals surface area contributed by atoms with Gasteiger partial charge in [-0.05, 0) is 29.7 Å².